The van der Waals surface area contributed by atoms with Crippen LogP contribution < -0.4 is 11.1 Å². The Hall–Kier alpha value is -1.98. The molecule has 9 nitrogen and oxygen atoms in total. The SMILES string of the molecule is CC(C)(C)Sc1nnc(C(COCc2ccccc2)NC(=O)C(C)(C)N)n1CCCN1CCOCC1. The zero-order valence-corrected chi connectivity index (χ0v) is 23.1. The van der Waals surface area contributed by atoms with Gasteiger partial charge in [-0.05, 0) is 25.8 Å². The Morgan fingerprint density at radius 1 is 1.14 bits per heavy atom. The van der Waals surface area contributed by atoms with E-state index in [1.54, 1.807) is 25.6 Å². The smallest absolute Gasteiger partial charge is 0.240 e. The van der Waals surface area contributed by atoms with Gasteiger partial charge in [0.1, 0.15) is 6.04 Å². The first-order valence-electron chi connectivity index (χ1n) is 12.7. The minimum atomic E-state index is -1.03. The highest BCUT2D eigenvalue weighted by atomic mass is 32.2. The quantitative estimate of drug-likeness (QED) is 0.413. The molecule has 2 aromatic rings. The van der Waals surface area contributed by atoms with E-state index in [2.05, 4.69) is 45.8 Å². The number of carbonyl (C=O) groups excluding carboxylic acids is 1. The number of aromatic nitrogens is 3. The van der Waals surface area contributed by atoms with Crippen LogP contribution in [-0.4, -0.2) is 75.3 Å². The molecule has 0 saturated carbocycles. The van der Waals surface area contributed by atoms with E-state index < -0.39 is 11.6 Å². The number of benzene rings is 1. The second-order valence-electron chi connectivity index (χ2n) is 10.8. The summed E-state index contributed by atoms with van der Waals surface area (Å²) in [5.41, 5.74) is 6.14. The summed E-state index contributed by atoms with van der Waals surface area (Å²) >= 11 is 1.67. The Balaban J connectivity index is 1.80. The van der Waals surface area contributed by atoms with Crippen LogP contribution in [0.1, 0.15) is 58.5 Å². The maximum absolute atomic E-state index is 12.9. The first-order valence-corrected chi connectivity index (χ1v) is 13.5. The van der Waals surface area contributed by atoms with Gasteiger partial charge in [0.25, 0.3) is 0 Å². The van der Waals surface area contributed by atoms with E-state index in [1.807, 2.05) is 30.3 Å². The Bertz CT molecular complexity index is 949. The lowest BCUT2D eigenvalue weighted by molar-refractivity contribution is -0.126. The largest absolute Gasteiger partial charge is 0.379 e. The normalized spacial score (nSPS) is 16.2. The number of nitrogens with zero attached hydrogens (tertiary/aromatic N) is 4. The van der Waals surface area contributed by atoms with Crippen LogP contribution in [0.5, 0.6) is 0 Å². The van der Waals surface area contributed by atoms with Gasteiger partial charge in [0.2, 0.25) is 5.91 Å². The number of nitrogens with one attached hydrogen (secondary N) is 1. The van der Waals surface area contributed by atoms with E-state index in [0.717, 1.165) is 56.5 Å². The van der Waals surface area contributed by atoms with Crippen molar-refractivity contribution in [3.05, 3.63) is 41.7 Å². The number of rotatable bonds is 12. The summed E-state index contributed by atoms with van der Waals surface area (Å²) < 4.78 is 13.6. The molecular formula is C26H42N6O3S. The molecule has 1 aliphatic rings. The molecule has 0 aliphatic carbocycles. The second-order valence-corrected chi connectivity index (χ2v) is 12.6. The molecule has 1 aromatic heterocycles. The van der Waals surface area contributed by atoms with Crippen molar-refractivity contribution >= 4 is 17.7 Å². The van der Waals surface area contributed by atoms with Crippen molar-refractivity contribution in [2.45, 2.75) is 75.7 Å². The molecule has 1 fully saturated rings. The predicted octanol–water partition coefficient (Wildman–Crippen LogP) is 3.00. The van der Waals surface area contributed by atoms with E-state index >= 15 is 0 Å². The molecular weight excluding hydrogens is 476 g/mol. The van der Waals surface area contributed by atoms with Crippen molar-refractivity contribution in [1.82, 2.24) is 25.0 Å². The summed E-state index contributed by atoms with van der Waals surface area (Å²) in [6.07, 6.45) is 0.941. The van der Waals surface area contributed by atoms with Gasteiger partial charge in [-0.3, -0.25) is 9.69 Å². The van der Waals surface area contributed by atoms with Crippen LogP contribution in [0.3, 0.4) is 0 Å². The molecule has 3 N–H and O–H groups in total. The van der Waals surface area contributed by atoms with Crippen LogP contribution in [0.4, 0.5) is 0 Å². The molecule has 200 valence electrons. The standard InChI is InChI=1S/C26H42N6O3S/c1-25(2,3)36-24-30-29-22(32(24)13-9-12-31-14-16-34-17-15-31)21(28-23(33)26(4,5)27)19-35-18-20-10-7-6-8-11-20/h6-8,10-11,21H,9,12-19,27H2,1-5H3,(H,28,33). The van der Waals surface area contributed by atoms with Gasteiger partial charge in [0, 0.05) is 30.9 Å². The average Bonchev–Trinajstić information content (AvgIpc) is 3.19. The van der Waals surface area contributed by atoms with E-state index in [-0.39, 0.29) is 17.3 Å². The highest BCUT2D eigenvalue weighted by Gasteiger charge is 2.30. The summed E-state index contributed by atoms with van der Waals surface area (Å²) in [6, 6.07) is 9.50. The zero-order chi connectivity index (χ0) is 26.2. The topological polar surface area (TPSA) is 108 Å². The molecule has 36 heavy (non-hydrogen) atoms. The Kier molecular flexibility index (Phi) is 10.3. The van der Waals surface area contributed by atoms with Crippen LogP contribution >= 0.6 is 11.8 Å². The number of thioether (sulfide) groups is 1. The molecule has 1 unspecified atom stereocenters. The molecule has 0 radical (unpaired) electrons. The molecule has 0 bridgehead atoms. The highest BCUT2D eigenvalue weighted by molar-refractivity contribution is 8.00. The van der Waals surface area contributed by atoms with Crippen LogP contribution in [-0.2, 0) is 27.4 Å². The van der Waals surface area contributed by atoms with Crippen molar-refractivity contribution in [2.75, 3.05) is 39.5 Å². The second kappa shape index (κ2) is 13.0. The Morgan fingerprint density at radius 3 is 2.47 bits per heavy atom. The number of nitrogens with two attached hydrogens (primary N) is 1. The number of morpholine rings is 1. The zero-order valence-electron chi connectivity index (χ0n) is 22.3. The van der Waals surface area contributed by atoms with Crippen LogP contribution in [0.2, 0.25) is 0 Å². The molecule has 1 amide bonds. The average molecular weight is 519 g/mol. The van der Waals surface area contributed by atoms with Crippen molar-refractivity contribution in [3.63, 3.8) is 0 Å². The van der Waals surface area contributed by atoms with E-state index in [4.69, 9.17) is 15.2 Å². The van der Waals surface area contributed by atoms with Gasteiger partial charge in [0.15, 0.2) is 11.0 Å². The lowest BCUT2D eigenvalue weighted by Crippen LogP contribution is -2.51. The van der Waals surface area contributed by atoms with Crippen molar-refractivity contribution in [3.8, 4) is 0 Å². The molecule has 3 rings (SSSR count). The predicted molar refractivity (Wildman–Crippen MR) is 143 cm³/mol. The van der Waals surface area contributed by atoms with Crippen LogP contribution in [0.25, 0.3) is 0 Å². The minimum Gasteiger partial charge on any atom is -0.379 e. The molecule has 1 saturated heterocycles. The van der Waals surface area contributed by atoms with Gasteiger partial charge in [-0.25, -0.2) is 0 Å². The molecule has 1 aliphatic heterocycles. The molecule has 10 heteroatoms. The lowest BCUT2D eigenvalue weighted by Gasteiger charge is -2.27. The third kappa shape index (κ3) is 9.15. The fourth-order valence-corrected chi connectivity index (χ4v) is 4.71. The van der Waals surface area contributed by atoms with Gasteiger partial charge in [0.05, 0.1) is 32.0 Å². The monoisotopic (exact) mass is 518 g/mol. The summed E-state index contributed by atoms with van der Waals surface area (Å²) in [4.78, 5) is 15.3. The number of carbonyl (C=O) groups is 1. The molecule has 1 atom stereocenters. The van der Waals surface area contributed by atoms with E-state index in [1.165, 1.54) is 0 Å². The Labute approximate surface area is 219 Å². The first kappa shape index (κ1) is 28.6. The third-order valence-electron chi connectivity index (χ3n) is 5.70. The fourth-order valence-electron chi connectivity index (χ4n) is 3.79. The summed E-state index contributed by atoms with van der Waals surface area (Å²) in [7, 11) is 0. The van der Waals surface area contributed by atoms with Crippen LogP contribution in [0, 0.1) is 0 Å². The lowest BCUT2D eigenvalue weighted by atomic mass is 10.1. The third-order valence-corrected chi connectivity index (χ3v) is 6.80. The van der Waals surface area contributed by atoms with Crippen molar-refractivity contribution in [1.29, 1.82) is 0 Å². The molecule has 1 aromatic carbocycles. The molecule has 2 heterocycles. The van der Waals surface area contributed by atoms with Crippen molar-refractivity contribution < 1.29 is 14.3 Å². The maximum atomic E-state index is 12.9. The van der Waals surface area contributed by atoms with Gasteiger partial charge >= 0.3 is 0 Å². The Morgan fingerprint density at radius 2 is 1.83 bits per heavy atom. The van der Waals surface area contributed by atoms with Gasteiger partial charge in [-0.2, -0.15) is 0 Å². The summed E-state index contributed by atoms with van der Waals surface area (Å²) in [5, 5.41) is 13.0. The minimum absolute atomic E-state index is 0.0337. The van der Waals surface area contributed by atoms with Gasteiger partial charge in [-0.15, -0.1) is 10.2 Å². The van der Waals surface area contributed by atoms with Crippen molar-refractivity contribution in [2.24, 2.45) is 5.73 Å². The maximum Gasteiger partial charge on any atom is 0.240 e. The van der Waals surface area contributed by atoms with Gasteiger partial charge in [-0.1, -0.05) is 62.9 Å². The molecule has 0 spiro atoms. The highest BCUT2D eigenvalue weighted by Crippen LogP contribution is 2.32. The first-order chi connectivity index (χ1) is 17.0. The van der Waals surface area contributed by atoms with Gasteiger partial charge < -0.3 is 25.1 Å². The number of ether oxygens (including phenoxy) is 2. The van der Waals surface area contributed by atoms with E-state index in [0.29, 0.717) is 12.4 Å². The summed E-state index contributed by atoms with van der Waals surface area (Å²) in [6.45, 7) is 15.7. The number of hydrogen-bond acceptors (Lipinski definition) is 8. The number of hydrogen-bond donors (Lipinski definition) is 2. The fraction of sp³-hybridized carbons (Fsp3) is 0.654. The number of amides is 1. The van der Waals surface area contributed by atoms with Crippen LogP contribution in [0.15, 0.2) is 35.5 Å². The van der Waals surface area contributed by atoms with E-state index in [9.17, 15) is 4.79 Å². The summed E-state index contributed by atoms with van der Waals surface area (Å²) in [5.74, 6) is 0.429.